The maximum atomic E-state index is 11.7. The third kappa shape index (κ3) is 14.1. The number of hydrogen-bond donors (Lipinski definition) is 1. The van der Waals surface area contributed by atoms with E-state index >= 15 is 0 Å². The fraction of sp³-hybridized carbons (Fsp3) is 0.958. The van der Waals surface area contributed by atoms with Gasteiger partial charge in [0.05, 0.1) is 0 Å². The lowest BCUT2D eigenvalue weighted by molar-refractivity contribution is -0.168. The minimum atomic E-state index is -0.952. The Morgan fingerprint density at radius 1 is 0.667 bits per heavy atom. The van der Waals surface area contributed by atoms with Gasteiger partial charge in [0, 0.05) is 6.61 Å². The number of unbranched alkanes of at least 4 members (excludes halogenated alkanes) is 14. The zero-order valence-electron chi connectivity index (χ0n) is 18.7. The van der Waals surface area contributed by atoms with Gasteiger partial charge in [0.1, 0.15) is 0 Å². The van der Waals surface area contributed by atoms with Crippen molar-refractivity contribution in [3.63, 3.8) is 0 Å². The molecule has 0 aromatic carbocycles. The average molecular weight is 385 g/mol. The summed E-state index contributed by atoms with van der Waals surface area (Å²) in [5.74, 6) is -0.782. The molecule has 0 aliphatic rings. The van der Waals surface area contributed by atoms with Crippen LogP contribution in [0.25, 0.3) is 0 Å². The van der Waals surface area contributed by atoms with Crippen molar-refractivity contribution < 1.29 is 14.6 Å². The van der Waals surface area contributed by atoms with Crippen LogP contribution in [0.2, 0.25) is 0 Å². The quantitative estimate of drug-likeness (QED) is 0.204. The van der Waals surface area contributed by atoms with Gasteiger partial charge in [0.25, 0.3) is 0 Å². The van der Waals surface area contributed by atoms with Crippen LogP contribution >= 0.6 is 0 Å². The zero-order chi connectivity index (χ0) is 20.2. The van der Waals surface area contributed by atoms with E-state index in [1.807, 2.05) is 6.92 Å². The van der Waals surface area contributed by atoms with Gasteiger partial charge in [-0.25, -0.2) is 4.79 Å². The maximum absolute atomic E-state index is 11.7. The molecule has 0 aromatic rings. The van der Waals surface area contributed by atoms with Crippen LogP contribution in [0.4, 0.5) is 0 Å². The third-order valence-corrected chi connectivity index (χ3v) is 5.77. The predicted octanol–water partition coefficient (Wildman–Crippen LogP) is 7.91. The van der Waals surface area contributed by atoms with E-state index in [1.165, 1.54) is 77.0 Å². The first-order valence-electron chi connectivity index (χ1n) is 12.0. The molecule has 0 bridgehead atoms. The Morgan fingerprint density at radius 3 is 1.44 bits per heavy atom. The molecule has 0 aliphatic carbocycles. The topological polar surface area (TPSA) is 46.5 Å². The van der Waals surface area contributed by atoms with Gasteiger partial charge in [0.15, 0.2) is 5.60 Å². The third-order valence-electron chi connectivity index (χ3n) is 5.77. The molecule has 27 heavy (non-hydrogen) atoms. The standard InChI is InChI=1S/C24H48O3/c1-4-7-9-10-11-12-13-14-15-16-17-18-19-20-21-24(6-3,23(25)26)27-22-8-5-2/h4-22H2,1-3H3,(H,25,26). The van der Waals surface area contributed by atoms with E-state index in [4.69, 9.17) is 4.74 Å². The van der Waals surface area contributed by atoms with Crippen LogP contribution in [0.1, 0.15) is 136 Å². The highest BCUT2D eigenvalue weighted by Gasteiger charge is 2.36. The van der Waals surface area contributed by atoms with Crippen LogP contribution in [0.3, 0.4) is 0 Å². The van der Waals surface area contributed by atoms with Crippen LogP contribution in [0, 0.1) is 0 Å². The van der Waals surface area contributed by atoms with Gasteiger partial charge in [0.2, 0.25) is 0 Å². The summed E-state index contributed by atoms with van der Waals surface area (Å²) in [4.78, 5) is 11.7. The summed E-state index contributed by atoms with van der Waals surface area (Å²) in [5, 5.41) is 9.60. The van der Waals surface area contributed by atoms with Gasteiger partial charge < -0.3 is 9.84 Å². The molecule has 0 aromatic heterocycles. The van der Waals surface area contributed by atoms with Crippen LogP contribution in [0.5, 0.6) is 0 Å². The molecule has 0 spiro atoms. The Hall–Kier alpha value is -0.570. The molecule has 0 rings (SSSR count). The van der Waals surface area contributed by atoms with Crippen molar-refractivity contribution in [3.8, 4) is 0 Å². The van der Waals surface area contributed by atoms with Crippen molar-refractivity contribution in [2.24, 2.45) is 0 Å². The Labute approximate surface area is 169 Å². The molecule has 0 amide bonds. The molecule has 1 unspecified atom stereocenters. The number of hydrogen-bond acceptors (Lipinski definition) is 2. The molecule has 0 heterocycles. The van der Waals surface area contributed by atoms with Crippen molar-refractivity contribution in [3.05, 3.63) is 0 Å². The monoisotopic (exact) mass is 384 g/mol. The average Bonchev–Trinajstić information content (AvgIpc) is 2.66. The number of carboxylic acids is 1. The van der Waals surface area contributed by atoms with Gasteiger partial charge in [-0.1, -0.05) is 111 Å². The number of ether oxygens (including phenoxy) is 1. The lowest BCUT2D eigenvalue weighted by atomic mass is 9.92. The maximum Gasteiger partial charge on any atom is 0.335 e. The number of rotatable bonds is 21. The smallest absolute Gasteiger partial charge is 0.335 e. The van der Waals surface area contributed by atoms with Crippen LogP contribution in [-0.2, 0) is 9.53 Å². The zero-order valence-corrected chi connectivity index (χ0v) is 18.7. The van der Waals surface area contributed by atoms with Gasteiger partial charge >= 0.3 is 5.97 Å². The first kappa shape index (κ1) is 26.4. The summed E-state index contributed by atoms with van der Waals surface area (Å²) in [5.41, 5.74) is -0.952. The van der Waals surface area contributed by atoms with Crippen molar-refractivity contribution in [1.29, 1.82) is 0 Å². The Morgan fingerprint density at radius 2 is 1.07 bits per heavy atom. The highest BCUT2D eigenvalue weighted by molar-refractivity contribution is 5.77. The van der Waals surface area contributed by atoms with E-state index in [2.05, 4.69) is 13.8 Å². The van der Waals surface area contributed by atoms with Gasteiger partial charge in [-0.15, -0.1) is 0 Å². The molecule has 0 radical (unpaired) electrons. The Balaban J connectivity index is 3.60. The van der Waals surface area contributed by atoms with Crippen LogP contribution in [-0.4, -0.2) is 23.3 Å². The fourth-order valence-electron chi connectivity index (χ4n) is 3.69. The summed E-state index contributed by atoms with van der Waals surface area (Å²) in [6.45, 7) is 6.87. The lowest BCUT2D eigenvalue weighted by Crippen LogP contribution is -2.41. The molecule has 1 atom stereocenters. The first-order valence-corrected chi connectivity index (χ1v) is 12.0. The largest absolute Gasteiger partial charge is 0.479 e. The summed E-state index contributed by atoms with van der Waals surface area (Å²) in [6, 6.07) is 0. The van der Waals surface area contributed by atoms with E-state index in [9.17, 15) is 9.90 Å². The lowest BCUT2D eigenvalue weighted by Gasteiger charge is -2.28. The van der Waals surface area contributed by atoms with Gasteiger partial charge in [-0.05, 0) is 25.7 Å². The summed E-state index contributed by atoms with van der Waals surface area (Å²) < 4.78 is 5.79. The van der Waals surface area contributed by atoms with Crippen LogP contribution < -0.4 is 0 Å². The Bertz CT molecular complexity index is 330. The van der Waals surface area contributed by atoms with Crippen molar-refractivity contribution in [1.82, 2.24) is 0 Å². The fourth-order valence-corrected chi connectivity index (χ4v) is 3.69. The molecule has 0 saturated carbocycles. The molecule has 3 heteroatoms. The predicted molar refractivity (Wildman–Crippen MR) is 116 cm³/mol. The number of carbonyl (C=O) groups is 1. The molecule has 0 aliphatic heterocycles. The molecular formula is C24H48O3. The minimum absolute atomic E-state index is 0.560. The van der Waals surface area contributed by atoms with Crippen LogP contribution in [0.15, 0.2) is 0 Å². The van der Waals surface area contributed by atoms with Crippen molar-refractivity contribution >= 4 is 5.97 Å². The second-order valence-corrected chi connectivity index (χ2v) is 8.20. The van der Waals surface area contributed by atoms with E-state index in [1.54, 1.807) is 0 Å². The summed E-state index contributed by atoms with van der Waals surface area (Å²) in [6.07, 6.45) is 21.7. The Kier molecular flexibility index (Phi) is 18.4. The van der Waals surface area contributed by atoms with E-state index in [0.717, 1.165) is 25.7 Å². The normalized spacial score (nSPS) is 13.6. The number of carboxylic acid groups (broad SMARTS) is 1. The van der Waals surface area contributed by atoms with E-state index < -0.39 is 11.6 Å². The highest BCUT2D eigenvalue weighted by atomic mass is 16.5. The summed E-state index contributed by atoms with van der Waals surface area (Å²) >= 11 is 0. The number of aliphatic carboxylic acids is 1. The minimum Gasteiger partial charge on any atom is -0.479 e. The summed E-state index contributed by atoms with van der Waals surface area (Å²) in [7, 11) is 0. The molecule has 3 nitrogen and oxygen atoms in total. The van der Waals surface area contributed by atoms with E-state index in [-0.39, 0.29) is 0 Å². The SMILES string of the molecule is CCCCCCCCCCCCCCCCC(CC)(OCCCC)C(=O)O. The van der Waals surface area contributed by atoms with Crippen molar-refractivity contribution in [2.45, 2.75) is 142 Å². The molecular weight excluding hydrogens is 336 g/mol. The van der Waals surface area contributed by atoms with Gasteiger partial charge in [-0.2, -0.15) is 0 Å². The second-order valence-electron chi connectivity index (χ2n) is 8.20. The van der Waals surface area contributed by atoms with Gasteiger partial charge in [-0.3, -0.25) is 0 Å². The first-order chi connectivity index (χ1) is 13.1. The molecule has 0 saturated heterocycles. The van der Waals surface area contributed by atoms with E-state index in [0.29, 0.717) is 19.4 Å². The second kappa shape index (κ2) is 18.8. The van der Waals surface area contributed by atoms with Crippen molar-refractivity contribution in [2.75, 3.05) is 6.61 Å². The molecule has 162 valence electrons. The highest BCUT2D eigenvalue weighted by Crippen LogP contribution is 2.25. The molecule has 1 N–H and O–H groups in total. The molecule has 0 fully saturated rings.